The summed E-state index contributed by atoms with van der Waals surface area (Å²) >= 11 is 3.91. The molecule has 0 aromatic rings. The lowest BCUT2D eigenvalue weighted by atomic mass is 10.1. The van der Waals surface area contributed by atoms with E-state index in [0.717, 1.165) is 0 Å². The Morgan fingerprint density at radius 1 is 1.62 bits per heavy atom. The number of hydrogen-bond acceptors (Lipinski definition) is 3. The van der Waals surface area contributed by atoms with Crippen LogP contribution in [0.15, 0.2) is 0 Å². The molecule has 0 bridgehead atoms. The minimum absolute atomic E-state index is 0.594. The molecule has 0 fully saturated rings. The predicted octanol–water partition coefficient (Wildman–Crippen LogP) is 0.234. The SMILES string of the molecule is CC(C)(O)CNCS. The topological polar surface area (TPSA) is 32.3 Å². The van der Waals surface area contributed by atoms with E-state index in [1.807, 2.05) is 0 Å². The summed E-state index contributed by atoms with van der Waals surface area (Å²) in [5, 5.41) is 12.0. The molecule has 3 heteroatoms. The molecule has 8 heavy (non-hydrogen) atoms. The van der Waals surface area contributed by atoms with Crippen molar-refractivity contribution < 1.29 is 5.11 Å². The van der Waals surface area contributed by atoms with Crippen molar-refractivity contribution in [3.63, 3.8) is 0 Å². The second-order valence-electron chi connectivity index (χ2n) is 2.40. The molecule has 50 valence electrons. The van der Waals surface area contributed by atoms with Crippen LogP contribution >= 0.6 is 12.6 Å². The highest BCUT2D eigenvalue weighted by Gasteiger charge is 2.09. The fourth-order valence-electron chi connectivity index (χ4n) is 0.362. The van der Waals surface area contributed by atoms with Gasteiger partial charge < -0.3 is 10.4 Å². The standard InChI is InChI=1S/C5H13NOS/c1-5(2,7)3-6-4-8/h6-8H,3-4H2,1-2H3. The monoisotopic (exact) mass is 135 g/mol. The van der Waals surface area contributed by atoms with E-state index in [9.17, 15) is 0 Å². The Hall–Kier alpha value is 0.270. The highest BCUT2D eigenvalue weighted by Crippen LogP contribution is 1.96. The molecule has 0 aliphatic carbocycles. The lowest BCUT2D eigenvalue weighted by Crippen LogP contribution is -2.33. The number of thiol groups is 1. The third-order valence-electron chi connectivity index (χ3n) is 0.669. The molecule has 0 aromatic carbocycles. The van der Waals surface area contributed by atoms with Crippen LogP contribution in [0, 0.1) is 0 Å². The van der Waals surface area contributed by atoms with E-state index in [4.69, 9.17) is 5.11 Å². The van der Waals surface area contributed by atoms with Gasteiger partial charge in [-0.25, -0.2) is 0 Å². The van der Waals surface area contributed by atoms with E-state index in [-0.39, 0.29) is 0 Å². The van der Waals surface area contributed by atoms with Gasteiger partial charge in [-0.05, 0) is 13.8 Å². The molecule has 0 saturated heterocycles. The zero-order valence-electron chi connectivity index (χ0n) is 5.31. The Balaban J connectivity index is 3.11. The lowest BCUT2D eigenvalue weighted by Gasteiger charge is -2.16. The zero-order chi connectivity index (χ0) is 6.62. The summed E-state index contributed by atoms with van der Waals surface area (Å²) in [7, 11) is 0. The summed E-state index contributed by atoms with van der Waals surface area (Å²) in [6.07, 6.45) is 0. The molecule has 0 heterocycles. The third kappa shape index (κ3) is 6.27. The summed E-state index contributed by atoms with van der Waals surface area (Å²) in [6, 6.07) is 0. The fraction of sp³-hybridized carbons (Fsp3) is 1.00. The van der Waals surface area contributed by atoms with Crippen LogP contribution in [0.1, 0.15) is 13.8 Å². The zero-order valence-corrected chi connectivity index (χ0v) is 6.20. The van der Waals surface area contributed by atoms with Crippen LogP contribution in [0.4, 0.5) is 0 Å². The normalized spacial score (nSPS) is 12.0. The molecule has 0 aliphatic heterocycles. The predicted molar refractivity (Wildman–Crippen MR) is 38.2 cm³/mol. The maximum absolute atomic E-state index is 9.05. The molecular weight excluding hydrogens is 122 g/mol. The van der Waals surface area contributed by atoms with Crippen LogP contribution in [0.2, 0.25) is 0 Å². The van der Waals surface area contributed by atoms with E-state index < -0.39 is 5.60 Å². The van der Waals surface area contributed by atoms with Crippen LogP contribution in [0.3, 0.4) is 0 Å². The van der Waals surface area contributed by atoms with Gasteiger partial charge in [-0.1, -0.05) is 0 Å². The van der Waals surface area contributed by atoms with Gasteiger partial charge in [0.2, 0.25) is 0 Å². The van der Waals surface area contributed by atoms with Crippen molar-refractivity contribution >= 4 is 12.6 Å². The van der Waals surface area contributed by atoms with Gasteiger partial charge in [-0.3, -0.25) is 0 Å². The maximum Gasteiger partial charge on any atom is 0.0715 e. The van der Waals surface area contributed by atoms with Gasteiger partial charge in [0, 0.05) is 12.4 Å². The van der Waals surface area contributed by atoms with Crippen LogP contribution in [-0.4, -0.2) is 23.1 Å². The third-order valence-corrected chi connectivity index (χ3v) is 0.893. The van der Waals surface area contributed by atoms with E-state index in [0.29, 0.717) is 12.4 Å². The molecule has 0 radical (unpaired) electrons. The van der Waals surface area contributed by atoms with Crippen molar-refractivity contribution in [1.29, 1.82) is 0 Å². The van der Waals surface area contributed by atoms with Crippen molar-refractivity contribution in [2.75, 3.05) is 12.4 Å². The summed E-state index contributed by atoms with van der Waals surface area (Å²) in [6.45, 7) is 4.10. The van der Waals surface area contributed by atoms with Crippen molar-refractivity contribution in [3.05, 3.63) is 0 Å². The van der Waals surface area contributed by atoms with Crippen LogP contribution in [-0.2, 0) is 0 Å². The highest BCUT2D eigenvalue weighted by atomic mass is 32.1. The Kier molecular flexibility index (Phi) is 3.44. The molecule has 0 spiro atoms. The van der Waals surface area contributed by atoms with E-state index in [1.165, 1.54) is 0 Å². The van der Waals surface area contributed by atoms with Gasteiger partial charge in [-0.2, -0.15) is 12.6 Å². The summed E-state index contributed by atoms with van der Waals surface area (Å²) in [4.78, 5) is 0. The van der Waals surface area contributed by atoms with E-state index in [2.05, 4.69) is 17.9 Å². The van der Waals surface area contributed by atoms with Crippen molar-refractivity contribution in [2.24, 2.45) is 0 Å². The average Bonchev–Trinajstić information content (AvgIpc) is 1.59. The number of nitrogens with one attached hydrogen (secondary N) is 1. The van der Waals surface area contributed by atoms with Crippen LogP contribution in [0.5, 0.6) is 0 Å². The van der Waals surface area contributed by atoms with Crippen molar-refractivity contribution in [3.8, 4) is 0 Å². The summed E-state index contributed by atoms with van der Waals surface area (Å²) < 4.78 is 0. The molecule has 0 unspecified atom stereocenters. The fourth-order valence-corrected chi connectivity index (χ4v) is 0.474. The molecule has 0 atom stereocenters. The Morgan fingerprint density at radius 3 is 2.25 bits per heavy atom. The van der Waals surface area contributed by atoms with Gasteiger partial charge in [0.15, 0.2) is 0 Å². The molecule has 0 rings (SSSR count). The van der Waals surface area contributed by atoms with Crippen molar-refractivity contribution in [1.82, 2.24) is 5.32 Å². The molecule has 0 aliphatic rings. The Bertz CT molecular complexity index is 59.9. The second-order valence-corrected chi connectivity index (χ2v) is 2.71. The minimum Gasteiger partial charge on any atom is -0.389 e. The minimum atomic E-state index is -0.608. The van der Waals surface area contributed by atoms with Gasteiger partial charge in [0.1, 0.15) is 0 Å². The van der Waals surface area contributed by atoms with E-state index in [1.54, 1.807) is 13.8 Å². The van der Waals surface area contributed by atoms with Gasteiger partial charge in [0.05, 0.1) is 5.60 Å². The largest absolute Gasteiger partial charge is 0.389 e. The summed E-state index contributed by atoms with van der Waals surface area (Å²) in [5.74, 6) is 0.615. The number of rotatable bonds is 3. The Labute approximate surface area is 55.7 Å². The first-order valence-corrected chi connectivity index (χ1v) is 3.23. The van der Waals surface area contributed by atoms with Crippen molar-refractivity contribution in [2.45, 2.75) is 19.4 Å². The first-order chi connectivity index (χ1) is 3.56. The molecule has 0 saturated carbocycles. The van der Waals surface area contributed by atoms with Gasteiger partial charge in [0.25, 0.3) is 0 Å². The molecule has 0 aromatic heterocycles. The molecule has 2 N–H and O–H groups in total. The second kappa shape index (κ2) is 3.33. The number of hydrogen-bond donors (Lipinski definition) is 3. The first kappa shape index (κ1) is 8.27. The highest BCUT2D eigenvalue weighted by molar-refractivity contribution is 7.80. The van der Waals surface area contributed by atoms with Gasteiger partial charge in [-0.15, -0.1) is 0 Å². The summed E-state index contributed by atoms with van der Waals surface area (Å²) in [5.41, 5.74) is -0.608. The average molecular weight is 135 g/mol. The first-order valence-electron chi connectivity index (χ1n) is 2.60. The van der Waals surface area contributed by atoms with Crippen LogP contribution < -0.4 is 5.32 Å². The maximum atomic E-state index is 9.05. The smallest absolute Gasteiger partial charge is 0.0715 e. The quantitative estimate of drug-likeness (QED) is 0.382. The Morgan fingerprint density at radius 2 is 2.12 bits per heavy atom. The van der Waals surface area contributed by atoms with Crippen LogP contribution in [0.25, 0.3) is 0 Å². The van der Waals surface area contributed by atoms with Gasteiger partial charge >= 0.3 is 0 Å². The molecule has 0 amide bonds. The molecule has 2 nitrogen and oxygen atoms in total. The molecular formula is C5H13NOS. The lowest BCUT2D eigenvalue weighted by molar-refractivity contribution is 0.0816. The number of aliphatic hydroxyl groups is 1. The van der Waals surface area contributed by atoms with E-state index >= 15 is 0 Å².